The molecule has 0 unspecified atom stereocenters. The molecule has 0 aromatic carbocycles. The van der Waals surface area contributed by atoms with Crippen LogP contribution in [0.15, 0.2) is 4.99 Å². The maximum atomic E-state index is 11.3. The lowest BCUT2D eigenvalue weighted by Crippen LogP contribution is -2.53. The van der Waals surface area contributed by atoms with Gasteiger partial charge in [-0.1, -0.05) is 19.3 Å². The maximum Gasteiger partial charge on any atom is 0.209 e. The Kier molecular flexibility index (Phi) is 12.2. The van der Waals surface area contributed by atoms with E-state index in [0.29, 0.717) is 18.6 Å². The molecule has 0 radical (unpaired) electrons. The predicted molar refractivity (Wildman–Crippen MR) is 114 cm³/mol. The molecule has 25 heavy (non-hydrogen) atoms. The Morgan fingerprint density at radius 3 is 2.40 bits per heavy atom. The molecule has 0 bridgehead atoms. The molecule has 3 N–H and O–H groups in total. The number of ether oxygens (including phenoxy) is 1. The first-order chi connectivity index (χ1) is 11.2. The zero-order chi connectivity index (χ0) is 18.1. The second-order valence-electron chi connectivity index (χ2n) is 7.10. The monoisotopic (exact) mass is 490 g/mol. The van der Waals surface area contributed by atoms with E-state index in [2.05, 4.69) is 20.3 Å². The van der Waals surface area contributed by atoms with Gasteiger partial charge in [0.15, 0.2) is 5.96 Å². The van der Waals surface area contributed by atoms with E-state index in [1.807, 2.05) is 13.8 Å². The van der Waals surface area contributed by atoms with Crippen LogP contribution in [0, 0.1) is 0 Å². The quantitative estimate of drug-likeness (QED) is 0.199. The molecule has 1 aliphatic rings. The highest BCUT2D eigenvalue weighted by molar-refractivity contribution is 14.0. The first-order valence-electron chi connectivity index (χ1n) is 8.77. The van der Waals surface area contributed by atoms with E-state index in [0.717, 1.165) is 25.8 Å². The maximum absolute atomic E-state index is 11.3. The molecule has 0 aliphatic heterocycles. The van der Waals surface area contributed by atoms with Gasteiger partial charge in [-0.15, -0.1) is 24.0 Å². The summed E-state index contributed by atoms with van der Waals surface area (Å²) >= 11 is 0. The van der Waals surface area contributed by atoms with Crippen molar-refractivity contribution in [2.75, 3.05) is 33.0 Å². The molecule has 7 nitrogen and oxygen atoms in total. The Morgan fingerprint density at radius 2 is 1.84 bits per heavy atom. The topological polar surface area (TPSA) is 91.8 Å². The number of nitrogens with one attached hydrogen (secondary N) is 3. The molecule has 0 spiro atoms. The number of guanidine groups is 1. The van der Waals surface area contributed by atoms with Crippen molar-refractivity contribution in [3.05, 3.63) is 0 Å². The van der Waals surface area contributed by atoms with Crippen LogP contribution in [0.4, 0.5) is 0 Å². The van der Waals surface area contributed by atoms with Crippen molar-refractivity contribution in [3.8, 4) is 0 Å². The minimum atomic E-state index is -3.24. The van der Waals surface area contributed by atoms with E-state index in [1.165, 1.54) is 32.1 Å². The lowest BCUT2D eigenvalue weighted by Gasteiger charge is -2.26. The summed E-state index contributed by atoms with van der Waals surface area (Å²) in [6.07, 6.45) is 8.83. The second kappa shape index (κ2) is 12.3. The van der Waals surface area contributed by atoms with Gasteiger partial charge in [0.2, 0.25) is 10.0 Å². The van der Waals surface area contributed by atoms with E-state index >= 15 is 0 Å². The van der Waals surface area contributed by atoms with E-state index in [4.69, 9.17) is 4.74 Å². The molecule has 0 aromatic rings. The fourth-order valence-electron chi connectivity index (χ4n) is 2.82. The van der Waals surface area contributed by atoms with E-state index in [9.17, 15) is 8.42 Å². The largest absolute Gasteiger partial charge is 0.378 e. The summed E-state index contributed by atoms with van der Waals surface area (Å²) in [6.45, 7) is 5.62. The number of halogens is 1. The van der Waals surface area contributed by atoms with Gasteiger partial charge in [0.05, 0.1) is 12.4 Å². The van der Waals surface area contributed by atoms with Crippen molar-refractivity contribution in [1.82, 2.24) is 15.4 Å². The van der Waals surface area contributed by atoms with Crippen molar-refractivity contribution in [2.24, 2.45) is 4.99 Å². The van der Waals surface area contributed by atoms with Gasteiger partial charge in [-0.2, -0.15) is 0 Å². The minimum Gasteiger partial charge on any atom is -0.378 e. The molecule has 150 valence electrons. The van der Waals surface area contributed by atoms with Crippen LogP contribution in [-0.2, 0) is 14.8 Å². The lowest BCUT2D eigenvalue weighted by molar-refractivity contribution is 0.0277. The third-order valence-corrected chi connectivity index (χ3v) is 4.83. The van der Waals surface area contributed by atoms with E-state index in [-0.39, 0.29) is 24.0 Å². The minimum absolute atomic E-state index is 0. The van der Waals surface area contributed by atoms with Gasteiger partial charge in [0.1, 0.15) is 0 Å². The predicted octanol–water partition coefficient (Wildman–Crippen LogP) is 1.84. The van der Waals surface area contributed by atoms with Gasteiger partial charge in [0.25, 0.3) is 0 Å². The van der Waals surface area contributed by atoms with Crippen LogP contribution in [0.3, 0.4) is 0 Å². The fourth-order valence-corrected chi connectivity index (χ4v) is 3.90. The second-order valence-corrected chi connectivity index (χ2v) is 8.84. The normalized spacial score (nSPS) is 17.0. The molecule has 0 saturated heterocycles. The van der Waals surface area contributed by atoms with Gasteiger partial charge in [-0.3, -0.25) is 4.99 Å². The SMILES string of the molecule is CN=C(NCCCOC1CCCCC1)NCC(C)(C)NS(C)(=O)=O.I. The van der Waals surface area contributed by atoms with Crippen molar-refractivity contribution in [1.29, 1.82) is 0 Å². The van der Waals surface area contributed by atoms with Gasteiger partial charge >= 0.3 is 0 Å². The highest BCUT2D eigenvalue weighted by Gasteiger charge is 2.22. The van der Waals surface area contributed by atoms with Crippen LogP contribution in [-0.4, -0.2) is 59.0 Å². The molecular formula is C16H35IN4O3S. The summed E-state index contributed by atoms with van der Waals surface area (Å²) in [5, 5.41) is 6.37. The van der Waals surface area contributed by atoms with Crippen molar-refractivity contribution >= 4 is 40.0 Å². The van der Waals surface area contributed by atoms with Crippen LogP contribution in [0.1, 0.15) is 52.4 Å². The molecule has 1 aliphatic carbocycles. The first-order valence-corrected chi connectivity index (χ1v) is 10.7. The molecule has 1 saturated carbocycles. The molecule has 0 amide bonds. The Labute approximate surface area is 170 Å². The van der Waals surface area contributed by atoms with Crippen LogP contribution in [0.5, 0.6) is 0 Å². The van der Waals surface area contributed by atoms with Crippen LogP contribution >= 0.6 is 24.0 Å². The highest BCUT2D eigenvalue weighted by atomic mass is 127. The number of hydrogen-bond acceptors (Lipinski definition) is 4. The highest BCUT2D eigenvalue weighted by Crippen LogP contribution is 2.20. The average molecular weight is 490 g/mol. The Bertz CT molecular complexity index is 492. The summed E-state index contributed by atoms with van der Waals surface area (Å²) in [5.74, 6) is 0.663. The van der Waals surface area contributed by atoms with Gasteiger partial charge in [-0.05, 0) is 33.1 Å². The van der Waals surface area contributed by atoms with Crippen molar-refractivity contribution < 1.29 is 13.2 Å². The standard InChI is InChI=1S/C16H34N4O3S.HI/c1-16(2,20-24(4,21)22)13-19-15(17-3)18-11-8-12-23-14-9-6-5-7-10-14;/h14,20H,5-13H2,1-4H3,(H2,17,18,19);1H. The first kappa shape index (κ1) is 24.9. The van der Waals surface area contributed by atoms with Crippen LogP contribution in [0.25, 0.3) is 0 Å². The summed E-state index contributed by atoms with van der Waals surface area (Å²) in [5.41, 5.74) is -0.588. The summed E-state index contributed by atoms with van der Waals surface area (Å²) in [7, 11) is -1.54. The van der Waals surface area contributed by atoms with Crippen LogP contribution < -0.4 is 15.4 Å². The number of nitrogens with zero attached hydrogens (tertiary/aromatic N) is 1. The smallest absolute Gasteiger partial charge is 0.209 e. The Morgan fingerprint density at radius 1 is 1.20 bits per heavy atom. The van der Waals surface area contributed by atoms with E-state index in [1.54, 1.807) is 7.05 Å². The van der Waals surface area contributed by atoms with E-state index < -0.39 is 15.6 Å². The zero-order valence-corrected chi connectivity index (χ0v) is 19.1. The zero-order valence-electron chi connectivity index (χ0n) is 15.9. The fraction of sp³-hybridized carbons (Fsp3) is 0.938. The molecule has 1 rings (SSSR count). The molecule has 0 heterocycles. The lowest BCUT2D eigenvalue weighted by atomic mass is 9.98. The Balaban J connectivity index is 0.00000576. The average Bonchev–Trinajstić information content (AvgIpc) is 2.48. The Hall–Kier alpha value is -0.130. The van der Waals surface area contributed by atoms with Gasteiger partial charge in [-0.25, -0.2) is 13.1 Å². The molecule has 0 atom stereocenters. The molecule has 1 fully saturated rings. The number of aliphatic imine (C=N–C) groups is 1. The number of rotatable bonds is 9. The van der Waals surface area contributed by atoms with Crippen LogP contribution in [0.2, 0.25) is 0 Å². The summed E-state index contributed by atoms with van der Waals surface area (Å²) in [6, 6.07) is 0. The number of sulfonamides is 1. The van der Waals surface area contributed by atoms with Crippen molar-refractivity contribution in [2.45, 2.75) is 64.0 Å². The molecular weight excluding hydrogens is 455 g/mol. The summed E-state index contributed by atoms with van der Waals surface area (Å²) < 4.78 is 31.2. The third-order valence-electron chi connectivity index (χ3n) is 3.90. The molecule has 0 aromatic heterocycles. The van der Waals surface area contributed by atoms with Crippen molar-refractivity contribution in [3.63, 3.8) is 0 Å². The molecule has 9 heteroatoms. The number of hydrogen-bond donors (Lipinski definition) is 3. The third kappa shape index (κ3) is 12.8. The van der Waals surface area contributed by atoms with Gasteiger partial charge < -0.3 is 15.4 Å². The van der Waals surface area contributed by atoms with Gasteiger partial charge in [0, 0.05) is 32.3 Å². The summed E-state index contributed by atoms with van der Waals surface area (Å²) in [4.78, 5) is 4.15.